The molecule has 0 unspecified atom stereocenters. The van der Waals surface area contributed by atoms with Crippen molar-refractivity contribution in [3.05, 3.63) is 53.1 Å². The number of sulfonamides is 1. The summed E-state index contributed by atoms with van der Waals surface area (Å²) < 4.78 is 32.9. The molecule has 2 aromatic rings. The quantitative estimate of drug-likeness (QED) is 0.863. The normalized spacial score (nSPS) is 10.8. The minimum absolute atomic E-state index is 0.0204. The van der Waals surface area contributed by atoms with Crippen molar-refractivity contribution < 1.29 is 13.2 Å². The minimum atomic E-state index is -3.84. The average Bonchev–Trinajstić information content (AvgIpc) is 2.51. The third-order valence-electron chi connectivity index (χ3n) is 2.98. The van der Waals surface area contributed by atoms with E-state index in [-0.39, 0.29) is 17.1 Å². The van der Waals surface area contributed by atoms with E-state index in [0.717, 1.165) is 5.56 Å². The number of hydrogen-bond acceptors (Lipinski definition) is 4. The van der Waals surface area contributed by atoms with E-state index in [4.69, 9.17) is 21.6 Å². The highest BCUT2D eigenvalue weighted by Gasteiger charge is 2.20. The highest BCUT2D eigenvalue weighted by Crippen LogP contribution is 2.29. The zero-order valence-corrected chi connectivity index (χ0v) is 14.0. The molecule has 0 atom stereocenters. The Balaban J connectivity index is 2.31. The maximum atomic E-state index is 12.6. The Kier molecular flexibility index (Phi) is 5.48. The molecule has 0 aliphatic carbocycles. The highest BCUT2D eigenvalue weighted by atomic mass is 35.5. The zero-order chi connectivity index (χ0) is 16.9. The van der Waals surface area contributed by atoms with Crippen LogP contribution in [-0.4, -0.2) is 15.0 Å². The van der Waals surface area contributed by atoms with Gasteiger partial charge in [-0.2, -0.15) is 5.26 Å². The zero-order valence-electron chi connectivity index (χ0n) is 12.4. The van der Waals surface area contributed by atoms with Gasteiger partial charge in [0.25, 0.3) is 10.0 Å². The van der Waals surface area contributed by atoms with E-state index in [1.54, 1.807) is 37.3 Å². The van der Waals surface area contributed by atoms with Crippen LogP contribution in [0.5, 0.6) is 5.75 Å². The van der Waals surface area contributed by atoms with Gasteiger partial charge in [0.1, 0.15) is 10.6 Å². The first-order chi connectivity index (χ1) is 11.0. The molecule has 0 spiro atoms. The number of nitrogens with zero attached hydrogens (tertiary/aromatic N) is 1. The van der Waals surface area contributed by atoms with Gasteiger partial charge in [0.05, 0.1) is 19.1 Å². The van der Waals surface area contributed by atoms with Crippen molar-refractivity contribution in [2.75, 3.05) is 11.3 Å². The molecule has 7 heteroatoms. The van der Waals surface area contributed by atoms with Crippen LogP contribution in [0, 0.1) is 11.3 Å². The SMILES string of the molecule is CCOc1ccc(Cl)cc1S(=O)(=O)Nc1ccc(CC#N)cc1. The van der Waals surface area contributed by atoms with Crippen LogP contribution in [0.25, 0.3) is 0 Å². The molecule has 5 nitrogen and oxygen atoms in total. The molecular weight excluding hydrogens is 336 g/mol. The Morgan fingerprint density at radius 2 is 1.91 bits per heavy atom. The number of hydrogen-bond donors (Lipinski definition) is 1. The van der Waals surface area contributed by atoms with E-state index in [1.807, 2.05) is 6.07 Å². The van der Waals surface area contributed by atoms with Gasteiger partial charge in [0.15, 0.2) is 0 Å². The summed E-state index contributed by atoms with van der Waals surface area (Å²) in [6.07, 6.45) is 0.274. The summed E-state index contributed by atoms with van der Waals surface area (Å²) in [7, 11) is -3.84. The molecule has 1 N–H and O–H groups in total. The molecule has 0 saturated heterocycles. The van der Waals surface area contributed by atoms with Gasteiger partial charge >= 0.3 is 0 Å². The first kappa shape index (κ1) is 17.1. The number of nitriles is 1. The predicted octanol–water partition coefficient (Wildman–Crippen LogP) is 3.61. The van der Waals surface area contributed by atoms with Crippen molar-refractivity contribution in [2.24, 2.45) is 0 Å². The highest BCUT2D eigenvalue weighted by molar-refractivity contribution is 7.92. The van der Waals surface area contributed by atoms with Gasteiger partial charge in [0.2, 0.25) is 0 Å². The monoisotopic (exact) mass is 350 g/mol. The third-order valence-corrected chi connectivity index (χ3v) is 4.62. The fourth-order valence-corrected chi connectivity index (χ4v) is 3.43. The van der Waals surface area contributed by atoms with E-state index < -0.39 is 10.0 Å². The van der Waals surface area contributed by atoms with E-state index in [2.05, 4.69) is 4.72 Å². The van der Waals surface area contributed by atoms with Crippen LogP contribution in [0.3, 0.4) is 0 Å². The number of anilines is 1. The molecule has 2 aromatic carbocycles. The van der Waals surface area contributed by atoms with Gasteiger partial charge in [-0.3, -0.25) is 4.72 Å². The summed E-state index contributed by atoms with van der Waals surface area (Å²) in [5, 5.41) is 8.95. The first-order valence-electron chi connectivity index (χ1n) is 6.87. The van der Waals surface area contributed by atoms with Crippen LogP contribution in [-0.2, 0) is 16.4 Å². The van der Waals surface area contributed by atoms with Gasteiger partial charge in [-0.25, -0.2) is 8.42 Å². The number of rotatable bonds is 6. The molecule has 0 amide bonds. The van der Waals surface area contributed by atoms with Crippen molar-refractivity contribution in [3.8, 4) is 11.8 Å². The Morgan fingerprint density at radius 3 is 2.52 bits per heavy atom. The number of nitrogens with one attached hydrogen (secondary N) is 1. The van der Waals surface area contributed by atoms with Crippen molar-refractivity contribution in [2.45, 2.75) is 18.2 Å². The van der Waals surface area contributed by atoms with E-state index in [0.29, 0.717) is 17.3 Å². The summed E-state index contributed by atoms with van der Waals surface area (Å²) in [6, 6.07) is 13.1. The summed E-state index contributed by atoms with van der Waals surface area (Å²) in [6.45, 7) is 2.11. The van der Waals surface area contributed by atoms with Crippen molar-refractivity contribution >= 4 is 27.3 Å². The molecule has 23 heavy (non-hydrogen) atoms. The molecule has 2 rings (SSSR count). The van der Waals surface area contributed by atoms with Crippen LogP contribution >= 0.6 is 11.6 Å². The predicted molar refractivity (Wildman–Crippen MR) is 89.2 cm³/mol. The fourth-order valence-electron chi connectivity index (χ4n) is 1.96. The molecule has 0 radical (unpaired) electrons. The van der Waals surface area contributed by atoms with Gasteiger partial charge in [-0.1, -0.05) is 23.7 Å². The van der Waals surface area contributed by atoms with Crippen molar-refractivity contribution in [3.63, 3.8) is 0 Å². The van der Waals surface area contributed by atoms with Crippen molar-refractivity contribution in [1.29, 1.82) is 5.26 Å². The molecule has 0 aliphatic rings. The Labute approximate surface area is 140 Å². The smallest absolute Gasteiger partial charge is 0.265 e. The Morgan fingerprint density at radius 1 is 1.22 bits per heavy atom. The Bertz CT molecular complexity index is 827. The lowest BCUT2D eigenvalue weighted by Crippen LogP contribution is -2.14. The molecule has 0 heterocycles. The second-order valence-electron chi connectivity index (χ2n) is 4.66. The molecule has 0 aliphatic heterocycles. The maximum Gasteiger partial charge on any atom is 0.265 e. The summed E-state index contributed by atoms with van der Waals surface area (Å²) >= 11 is 5.90. The lowest BCUT2D eigenvalue weighted by atomic mass is 10.1. The van der Waals surface area contributed by atoms with Gasteiger partial charge in [-0.15, -0.1) is 0 Å². The number of halogens is 1. The van der Waals surface area contributed by atoms with Gasteiger partial charge in [-0.05, 0) is 42.8 Å². The fraction of sp³-hybridized carbons (Fsp3) is 0.188. The molecule has 0 saturated carbocycles. The standard InChI is InChI=1S/C16H15ClN2O3S/c1-2-22-15-8-5-13(17)11-16(15)23(20,21)19-14-6-3-12(4-7-14)9-10-18/h3-8,11,19H,2,9H2,1H3. The van der Waals surface area contributed by atoms with Crippen LogP contribution < -0.4 is 9.46 Å². The van der Waals surface area contributed by atoms with Crippen LogP contribution in [0.15, 0.2) is 47.4 Å². The maximum absolute atomic E-state index is 12.6. The van der Waals surface area contributed by atoms with E-state index in [9.17, 15) is 8.42 Å². The molecule has 0 aromatic heterocycles. The summed E-state index contributed by atoms with van der Waals surface area (Å²) in [5.74, 6) is 0.241. The molecule has 120 valence electrons. The summed E-state index contributed by atoms with van der Waals surface area (Å²) in [5.41, 5.74) is 1.21. The lowest BCUT2D eigenvalue weighted by molar-refractivity contribution is 0.331. The molecule has 0 fully saturated rings. The minimum Gasteiger partial charge on any atom is -0.492 e. The van der Waals surface area contributed by atoms with Crippen LogP contribution in [0.4, 0.5) is 5.69 Å². The van der Waals surface area contributed by atoms with Crippen LogP contribution in [0.1, 0.15) is 12.5 Å². The average molecular weight is 351 g/mol. The first-order valence-corrected chi connectivity index (χ1v) is 8.73. The largest absolute Gasteiger partial charge is 0.492 e. The number of ether oxygens (including phenoxy) is 1. The van der Waals surface area contributed by atoms with Crippen molar-refractivity contribution in [1.82, 2.24) is 0 Å². The van der Waals surface area contributed by atoms with E-state index >= 15 is 0 Å². The Hall–Kier alpha value is -2.23. The molecule has 0 bridgehead atoms. The van der Waals surface area contributed by atoms with E-state index in [1.165, 1.54) is 12.1 Å². The molecular formula is C16H15ClN2O3S. The lowest BCUT2D eigenvalue weighted by Gasteiger charge is -2.13. The third kappa shape index (κ3) is 4.38. The second kappa shape index (κ2) is 7.36. The van der Waals surface area contributed by atoms with Crippen LogP contribution in [0.2, 0.25) is 5.02 Å². The summed E-state index contributed by atoms with van der Waals surface area (Å²) in [4.78, 5) is -0.0204. The number of benzene rings is 2. The topological polar surface area (TPSA) is 79.2 Å². The van der Waals surface area contributed by atoms with Gasteiger partial charge in [0, 0.05) is 10.7 Å². The second-order valence-corrected chi connectivity index (χ2v) is 6.75. The van der Waals surface area contributed by atoms with Gasteiger partial charge < -0.3 is 4.74 Å².